The molecule has 0 aliphatic carbocycles. The minimum Gasteiger partial charge on any atom is -0.337 e. The number of nitrogens with zero attached hydrogens (tertiary/aromatic N) is 1. The van der Waals surface area contributed by atoms with Crippen LogP contribution in [0, 0.1) is 0 Å². The van der Waals surface area contributed by atoms with Crippen molar-refractivity contribution in [3.63, 3.8) is 0 Å². The molecule has 148 valence electrons. The first-order valence-corrected chi connectivity index (χ1v) is 11.0. The van der Waals surface area contributed by atoms with Gasteiger partial charge in [0.15, 0.2) is 0 Å². The molecule has 3 rings (SSSR count). The maximum absolute atomic E-state index is 12.6. The normalized spacial score (nSPS) is 15.0. The van der Waals surface area contributed by atoms with Crippen LogP contribution < -0.4 is 10.0 Å². The highest BCUT2D eigenvalue weighted by Crippen LogP contribution is 2.14. The van der Waals surface area contributed by atoms with Gasteiger partial charge in [0.25, 0.3) is 5.91 Å². The van der Waals surface area contributed by atoms with E-state index in [9.17, 15) is 13.2 Å². The van der Waals surface area contributed by atoms with Gasteiger partial charge in [-0.05, 0) is 55.1 Å². The second-order valence-electron chi connectivity index (χ2n) is 6.15. The summed E-state index contributed by atoms with van der Waals surface area (Å²) in [6, 6.07) is 10.1. The number of thiophene rings is 1. The van der Waals surface area contributed by atoms with E-state index in [1.165, 1.54) is 12.1 Å². The molecule has 0 bridgehead atoms. The summed E-state index contributed by atoms with van der Waals surface area (Å²) in [6.45, 7) is 3.44. The fourth-order valence-electron chi connectivity index (χ4n) is 2.85. The summed E-state index contributed by atoms with van der Waals surface area (Å²) in [4.78, 5) is 15.7. The molecule has 9 heteroatoms. The maximum atomic E-state index is 12.6. The van der Waals surface area contributed by atoms with E-state index in [0.29, 0.717) is 25.1 Å². The van der Waals surface area contributed by atoms with Crippen LogP contribution in [0.25, 0.3) is 0 Å². The van der Waals surface area contributed by atoms with Crippen molar-refractivity contribution < 1.29 is 13.2 Å². The smallest absolute Gasteiger partial charge is 0.253 e. The van der Waals surface area contributed by atoms with E-state index in [-0.39, 0.29) is 23.2 Å². The van der Waals surface area contributed by atoms with Crippen molar-refractivity contribution in [3.8, 4) is 0 Å². The molecule has 0 spiro atoms. The molecular weight excluding hydrogens is 406 g/mol. The van der Waals surface area contributed by atoms with Crippen LogP contribution in [0.1, 0.15) is 21.7 Å². The lowest BCUT2D eigenvalue weighted by Gasteiger charge is -2.20. The number of halogens is 1. The number of hydrogen-bond donors (Lipinski definition) is 2. The lowest BCUT2D eigenvalue weighted by atomic mass is 10.2. The zero-order valence-electron chi connectivity index (χ0n) is 14.9. The van der Waals surface area contributed by atoms with Crippen LogP contribution in [0.4, 0.5) is 0 Å². The average Bonchev–Trinajstić information content (AvgIpc) is 3.01. The van der Waals surface area contributed by atoms with E-state index in [1.807, 2.05) is 22.4 Å². The molecule has 1 aliphatic heterocycles. The molecule has 1 aromatic heterocycles. The summed E-state index contributed by atoms with van der Waals surface area (Å²) < 4.78 is 27.4. The Morgan fingerprint density at radius 2 is 1.93 bits per heavy atom. The standard InChI is InChI=1S/C18H23N3O3S2.ClH/c22-18(21-12-2-9-19-11-13-21)15-4-6-17(7-5-15)26(23,24)20-10-8-16-3-1-14-25-16;/h1,3-7,14,19-20H,2,8-13H2;1H. The van der Waals surface area contributed by atoms with E-state index in [0.717, 1.165) is 30.9 Å². The quantitative estimate of drug-likeness (QED) is 0.737. The molecule has 0 unspecified atom stereocenters. The van der Waals surface area contributed by atoms with Crippen molar-refractivity contribution in [2.24, 2.45) is 0 Å². The molecule has 1 saturated heterocycles. The van der Waals surface area contributed by atoms with Gasteiger partial charge in [0.1, 0.15) is 0 Å². The number of benzene rings is 1. The molecule has 0 atom stereocenters. The van der Waals surface area contributed by atoms with Gasteiger partial charge in [0.05, 0.1) is 4.90 Å². The first-order chi connectivity index (χ1) is 12.6. The molecule has 2 N–H and O–H groups in total. The minimum absolute atomic E-state index is 0. The summed E-state index contributed by atoms with van der Waals surface area (Å²) in [5.74, 6) is -0.0525. The second kappa shape index (κ2) is 10.2. The minimum atomic E-state index is -3.57. The predicted molar refractivity (Wildman–Crippen MR) is 110 cm³/mol. The molecule has 0 saturated carbocycles. The number of nitrogens with one attached hydrogen (secondary N) is 2. The van der Waals surface area contributed by atoms with Crippen LogP contribution in [0.15, 0.2) is 46.7 Å². The number of carbonyl (C=O) groups excluding carboxylic acids is 1. The lowest BCUT2D eigenvalue weighted by molar-refractivity contribution is 0.0766. The first-order valence-electron chi connectivity index (χ1n) is 8.68. The lowest BCUT2D eigenvalue weighted by Crippen LogP contribution is -2.34. The topological polar surface area (TPSA) is 78.5 Å². The highest BCUT2D eigenvalue weighted by Gasteiger charge is 2.19. The highest BCUT2D eigenvalue weighted by atomic mass is 35.5. The zero-order chi connectivity index (χ0) is 18.4. The van der Waals surface area contributed by atoms with E-state index < -0.39 is 10.0 Å². The number of hydrogen-bond acceptors (Lipinski definition) is 5. The molecule has 1 fully saturated rings. The molecule has 1 aliphatic rings. The first kappa shape index (κ1) is 21.8. The van der Waals surface area contributed by atoms with Crippen molar-refractivity contribution >= 4 is 39.7 Å². The van der Waals surface area contributed by atoms with Crippen LogP contribution in [-0.2, 0) is 16.4 Å². The summed E-state index contributed by atoms with van der Waals surface area (Å²) in [5, 5.41) is 5.23. The van der Waals surface area contributed by atoms with Crippen LogP contribution in [0.3, 0.4) is 0 Å². The Bertz CT molecular complexity index is 816. The molecule has 6 nitrogen and oxygen atoms in total. The van der Waals surface area contributed by atoms with Crippen molar-refractivity contribution in [2.75, 3.05) is 32.7 Å². The molecular formula is C18H24ClN3O3S2. The maximum Gasteiger partial charge on any atom is 0.253 e. The Hall–Kier alpha value is -1.45. The molecule has 0 radical (unpaired) electrons. The molecule has 1 amide bonds. The van der Waals surface area contributed by atoms with E-state index in [4.69, 9.17) is 0 Å². The Labute approximate surface area is 170 Å². The van der Waals surface area contributed by atoms with Gasteiger partial charge in [-0.2, -0.15) is 0 Å². The Morgan fingerprint density at radius 1 is 1.15 bits per heavy atom. The second-order valence-corrected chi connectivity index (χ2v) is 8.95. The Morgan fingerprint density at radius 3 is 2.63 bits per heavy atom. The molecule has 2 heterocycles. The van der Waals surface area contributed by atoms with Gasteiger partial charge < -0.3 is 10.2 Å². The summed E-state index contributed by atoms with van der Waals surface area (Å²) in [5.41, 5.74) is 0.518. The number of amides is 1. The van der Waals surface area contributed by atoms with Gasteiger partial charge in [-0.25, -0.2) is 13.1 Å². The summed E-state index contributed by atoms with van der Waals surface area (Å²) in [7, 11) is -3.57. The average molecular weight is 430 g/mol. The van der Waals surface area contributed by atoms with Gasteiger partial charge >= 0.3 is 0 Å². The Kier molecular flexibility index (Phi) is 8.25. The highest BCUT2D eigenvalue weighted by molar-refractivity contribution is 7.89. The van der Waals surface area contributed by atoms with Crippen LogP contribution >= 0.6 is 23.7 Å². The third-order valence-corrected chi connectivity index (χ3v) is 6.70. The monoisotopic (exact) mass is 429 g/mol. The fraction of sp³-hybridized carbons (Fsp3) is 0.389. The third kappa shape index (κ3) is 6.02. The van der Waals surface area contributed by atoms with Crippen LogP contribution in [-0.4, -0.2) is 51.9 Å². The number of carbonyl (C=O) groups is 1. The van der Waals surface area contributed by atoms with E-state index in [1.54, 1.807) is 23.5 Å². The Balaban J connectivity index is 0.00000261. The fourth-order valence-corrected chi connectivity index (χ4v) is 4.60. The van der Waals surface area contributed by atoms with Crippen molar-refractivity contribution in [1.29, 1.82) is 0 Å². The largest absolute Gasteiger partial charge is 0.337 e. The molecule has 1 aromatic carbocycles. The molecule has 2 aromatic rings. The van der Waals surface area contributed by atoms with Gasteiger partial charge in [0, 0.05) is 36.6 Å². The van der Waals surface area contributed by atoms with Gasteiger partial charge in [-0.3, -0.25) is 4.79 Å². The predicted octanol–water partition coefficient (Wildman–Crippen LogP) is 2.13. The van der Waals surface area contributed by atoms with Gasteiger partial charge in [0.2, 0.25) is 10.0 Å². The van der Waals surface area contributed by atoms with Gasteiger partial charge in [-0.15, -0.1) is 23.7 Å². The summed E-state index contributed by atoms with van der Waals surface area (Å²) >= 11 is 1.61. The van der Waals surface area contributed by atoms with Crippen molar-refractivity contribution in [2.45, 2.75) is 17.7 Å². The van der Waals surface area contributed by atoms with Gasteiger partial charge in [-0.1, -0.05) is 6.07 Å². The van der Waals surface area contributed by atoms with Crippen LogP contribution in [0.2, 0.25) is 0 Å². The number of sulfonamides is 1. The van der Waals surface area contributed by atoms with Crippen LogP contribution in [0.5, 0.6) is 0 Å². The SMILES string of the molecule is Cl.O=C(c1ccc(S(=O)(=O)NCCc2cccs2)cc1)N1CCCNCC1. The number of rotatable bonds is 6. The summed E-state index contributed by atoms with van der Waals surface area (Å²) in [6.07, 6.45) is 1.59. The zero-order valence-corrected chi connectivity index (χ0v) is 17.3. The van der Waals surface area contributed by atoms with E-state index in [2.05, 4.69) is 10.0 Å². The molecule has 27 heavy (non-hydrogen) atoms. The van der Waals surface area contributed by atoms with E-state index >= 15 is 0 Å². The third-order valence-electron chi connectivity index (χ3n) is 4.28. The van der Waals surface area contributed by atoms with Crippen molar-refractivity contribution in [3.05, 3.63) is 52.2 Å². The van der Waals surface area contributed by atoms with Crippen molar-refractivity contribution in [1.82, 2.24) is 14.9 Å².